The maximum absolute atomic E-state index is 12.5. The SMILES string of the molecule is CC(C)(C)OC(=O)N1CCC[C@@H](Nc2c(C#Cc3ccccn3)cnc3[nH]ccc23)C1. The molecule has 0 saturated carbocycles. The topological polar surface area (TPSA) is 83.1 Å². The number of hydrogen-bond acceptors (Lipinski definition) is 5. The Hall–Kier alpha value is -3.53. The lowest BCUT2D eigenvalue weighted by molar-refractivity contribution is 0.0206. The Morgan fingerprint density at radius 3 is 2.90 bits per heavy atom. The highest BCUT2D eigenvalue weighted by molar-refractivity contribution is 5.92. The number of carbonyl (C=O) groups excluding carboxylic acids is 1. The lowest BCUT2D eigenvalue weighted by atomic mass is 10.0. The quantitative estimate of drug-likeness (QED) is 0.612. The summed E-state index contributed by atoms with van der Waals surface area (Å²) >= 11 is 0. The fourth-order valence-corrected chi connectivity index (χ4v) is 3.62. The second-order valence-corrected chi connectivity index (χ2v) is 8.66. The van der Waals surface area contributed by atoms with E-state index in [9.17, 15) is 4.79 Å². The fraction of sp³-hybridized carbons (Fsp3) is 0.375. The van der Waals surface area contributed by atoms with E-state index in [1.807, 2.05) is 51.2 Å². The number of fused-ring (bicyclic) bond motifs is 1. The number of amides is 1. The third kappa shape index (κ3) is 5.15. The Balaban J connectivity index is 1.58. The van der Waals surface area contributed by atoms with Crippen molar-refractivity contribution in [1.29, 1.82) is 0 Å². The largest absolute Gasteiger partial charge is 0.444 e. The molecule has 0 spiro atoms. The summed E-state index contributed by atoms with van der Waals surface area (Å²) in [5.74, 6) is 6.32. The number of nitrogens with zero attached hydrogens (tertiary/aromatic N) is 3. The first-order chi connectivity index (χ1) is 14.9. The average molecular weight is 418 g/mol. The van der Waals surface area contributed by atoms with E-state index in [-0.39, 0.29) is 12.1 Å². The van der Waals surface area contributed by atoms with Crippen molar-refractivity contribution >= 4 is 22.8 Å². The van der Waals surface area contributed by atoms with E-state index in [1.165, 1.54) is 0 Å². The second-order valence-electron chi connectivity index (χ2n) is 8.66. The molecular weight excluding hydrogens is 390 g/mol. The van der Waals surface area contributed by atoms with E-state index in [0.29, 0.717) is 18.8 Å². The summed E-state index contributed by atoms with van der Waals surface area (Å²) < 4.78 is 5.56. The van der Waals surface area contributed by atoms with Gasteiger partial charge in [0.25, 0.3) is 0 Å². The number of piperidine rings is 1. The van der Waals surface area contributed by atoms with Crippen LogP contribution in [-0.2, 0) is 4.74 Å². The maximum atomic E-state index is 12.5. The van der Waals surface area contributed by atoms with Crippen molar-refractivity contribution in [2.75, 3.05) is 18.4 Å². The highest BCUT2D eigenvalue weighted by Crippen LogP contribution is 2.27. The molecule has 0 aromatic carbocycles. The predicted octanol–water partition coefficient (Wildman–Crippen LogP) is 4.17. The highest BCUT2D eigenvalue weighted by Gasteiger charge is 2.28. The monoisotopic (exact) mass is 417 g/mol. The van der Waals surface area contributed by atoms with Crippen LogP contribution in [0.25, 0.3) is 11.0 Å². The van der Waals surface area contributed by atoms with E-state index in [1.54, 1.807) is 17.3 Å². The van der Waals surface area contributed by atoms with Gasteiger partial charge in [-0.1, -0.05) is 12.0 Å². The van der Waals surface area contributed by atoms with Gasteiger partial charge < -0.3 is 19.9 Å². The molecule has 3 aromatic heterocycles. The average Bonchev–Trinajstić information content (AvgIpc) is 3.22. The van der Waals surface area contributed by atoms with Crippen LogP contribution in [0.1, 0.15) is 44.9 Å². The molecule has 31 heavy (non-hydrogen) atoms. The second kappa shape index (κ2) is 8.68. The van der Waals surface area contributed by atoms with Crippen LogP contribution in [-0.4, -0.2) is 50.7 Å². The van der Waals surface area contributed by atoms with Crippen LogP contribution in [0, 0.1) is 11.8 Å². The molecule has 1 amide bonds. The first-order valence-electron chi connectivity index (χ1n) is 10.5. The molecule has 4 heterocycles. The van der Waals surface area contributed by atoms with E-state index in [4.69, 9.17) is 4.74 Å². The summed E-state index contributed by atoms with van der Waals surface area (Å²) in [6.07, 6.45) is 6.96. The van der Waals surface area contributed by atoms with E-state index >= 15 is 0 Å². The van der Waals surface area contributed by atoms with Gasteiger partial charge in [-0.2, -0.15) is 0 Å². The van der Waals surface area contributed by atoms with Crippen LogP contribution < -0.4 is 5.32 Å². The number of hydrogen-bond donors (Lipinski definition) is 2. The first-order valence-corrected chi connectivity index (χ1v) is 10.5. The zero-order valence-electron chi connectivity index (χ0n) is 18.1. The zero-order valence-corrected chi connectivity index (χ0v) is 18.1. The number of H-pyrrole nitrogens is 1. The summed E-state index contributed by atoms with van der Waals surface area (Å²) in [5.41, 5.74) is 2.72. The van der Waals surface area contributed by atoms with Crippen LogP contribution in [0.5, 0.6) is 0 Å². The number of nitrogens with one attached hydrogen (secondary N) is 2. The molecule has 1 fully saturated rings. The standard InChI is InChI=1S/C24H27N5O2/c1-24(2,3)31-23(30)29-14-6-8-19(16-29)28-21-17(9-10-18-7-4-5-12-25-18)15-27-22-20(21)11-13-26-22/h4-5,7,11-13,15,19H,6,8,14,16H2,1-3H3,(H2,26,27,28)/t19-/m1/s1. The molecule has 0 bridgehead atoms. The minimum absolute atomic E-state index is 0.0946. The zero-order chi connectivity index (χ0) is 21.8. The molecule has 1 atom stereocenters. The van der Waals surface area contributed by atoms with Gasteiger partial charge in [0.1, 0.15) is 16.9 Å². The van der Waals surface area contributed by atoms with Crippen molar-refractivity contribution in [1.82, 2.24) is 19.9 Å². The molecule has 1 aliphatic rings. The molecule has 4 rings (SSSR count). The lowest BCUT2D eigenvalue weighted by Gasteiger charge is -2.35. The van der Waals surface area contributed by atoms with Crippen LogP contribution in [0.3, 0.4) is 0 Å². The van der Waals surface area contributed by atoms with Crippen LogP contribution in [0.4, 0.5) is 10.5 Å². The minimum Gasteiger partial charge on any atom is -0.444 e. The van der Waals surface area contributed by atoms with E-state index in [2.05, 4.69) is 32.1 Å². The van der Waals surface area contributed by atoms with Crippen molar-refractivity contribution in [3.8, 4) is 11.8 Å². The molecule has 2 N–H and O–H groups in total. The first kappa shape index (κ1) is 20.7. The van der Waals surface area contributed by atoms with Gasteiger partial charge in [-0.05, 0) is 57.7 Å². The van der Waals surface area contributed by atoms with E-state index in [0.717, 1.165) is 35.1 Å². The number of ether oxygens (including phenoxy) is 1. The number of aromatic amines is 1. The Morgan fingerprint density at radius 2 is 2.13 bits per heavy atom. The molecule has 3 aromatic rings. The van der Waals surface area contributed by atoms with Crippen molar-refractivity contribution < 1.29 is 9.53 Å². The highest BCUT2D eigenvalue weighted by atomic mass is 16.6. The number of anilines is 1. The molecule has 160 valence electrons. The third-order valence-electron chi connectivity index (χ3n) is 5.00. The van der Waals surface area contributed by atoms with Gasteiger partial charge in [-0.3, -0.25) is 0 Å². The molecular formula is C24H27N5O2. The number of rotatable bonds is 2. The van der Waals surface area contributed by atoms with Crippen molar-refractivity contribution in [3.63, 3.8) is 0 Å². The lowest BCUT2D eigenvalue weighted by Crippen LogP contribution is -2.47. The predicted molar refractivity (Wildman–Crippen MR) is 121 cm³/mol. The number of likely N-dealkylation sites (tertiary alicyclic amines) is 1. The van der Waals surface area contributed by atoms with Crippen LogP contribution >= 0.6 is 0 Å². The van der Waals surface area contributed by atoms with Crippen molar-refractivity contribution in [2.24, 2.45) is 0 Å². The van der Waals surface area contributed by atoms with Gasteiger partial charge in [0, 0.05) is 43.1 Å². The number of pyridine rings is 2. The Morgan fingerprint density at radius 1 is 1.26 bits per heavy atom. The summed E-state index contributed by atoms with van der Waals surface area (Å²) in [6, 6.07) is 7.74. The summed E-state index contributed by atoms with van der Waals surface area (Å²) in [4.78, 5) is 26.2. The van der Waals surface area contributed by atoms with Crippen molar-refractivity contribution in [2.45, 2.75) is 45.3 Å². The molecule has 0 aliphatic carbocycles. The maximum Gasteiger partial charge on any atom is 0.410 e. The van der Waals surface area contributed by atoms with Crippen LogP contribution in [0.15, 0.2) is 42.9 Å². The molecule has 1 saturated heterocycles. The smallest absolute Gasteiger partial charge is 0.410 e. The van der Waals surface area contributed by atoms with Gasteiger partial charge in [0.05, 0.1) is 11.3 Å². The molecule has 1 aliphatic heterocycles. The summed E-state index contributed by atoms with van der Waals surface area (Å²) in [6.45, 7) is 6.94. The van der Waals surface area contributed by atoms with Gasteiger partial charge in [0.15, 0.2) is 0 Å². The summed E-state index contributed by atoms with van der Waals surface area (Å²) in [7, 11) is 0. The molecule has 7 nitrogen and oxygen atoms in total. The Labute approximate surface area is 182 Å². The van der Waals surface area contributed by atoms with Gasteiger partial charge in [-0.25, -0.2) is 14.8 Å². The van der Waals surface area contributed by atoms with Gasteiger partial charge >= 0.3 is 6.09 Å². The van der Waals surface area contributed by atoms with Gasteiger partial charge in [-0.15, -0.1) is 0 Å². The number of carbonyl (C=O) groups is 1. The Bertz CT molecular complexity index is 1120. The molecule has 7 heteroatoms. The minimum atomic E-state index is -0.506. The normalized spacial score (nSPS) is 16.5. The molecule has 0 radical (unpaired) electrons. The van der Waals surface area contributed by atoms with Crippen LogP contribution in [0.2, 0.25) is 0 Å². The summed E-state index contributed by atoms with van der Waals surface area (Å²) in [5, 5.41) is 4.60. The fourth-order valence-electron chi connectivity index (χ4n) is 3.62. The van der Waals surface area contributed by atoms with Crippen molar-refractivity contribution in [3.05, 3.63) is 54.1 Å². The number of aromatic nitrogens is 3. The molecule has 0 unspecified atom stereocenters. The Kier molecular flexibility index (Phi) is 5.81. The third-order valence-corrected chi connectivity index (χ3v) is 5.00. The van der Waals surface area contributed by atoms with E-state index < -0.39 is 5.60 Å². The van der Waals surface area contributed by atoms with Gasteiger partial charge in [0.2, 0.25) is 0 Å².